The van der Waals surface area contributed by atoms with Gasteiger partial charge in [-0.05, 0) is 24.5 Å². The Morgan fingerprint density at radius 3 is 2.50 bits per heavy atom. The number of rotatable bonds is 5. The number of alkyl halides is 3. The summed E-state index contributed by atoms with van der Waals surface area (Å²) in [5.74, 6) is 0. The van der Waals surface area contributed by atoms with E-state index in [9.17, 15) is 13.2 Å². The summed E-state index contributed by atoms with van der Waals surface area (Å²) in [6.07, 6.45) is 0.378. The highest BCUT2D eigenvalue weighted by atomic mass is 19.4. The van der Waals surface area contributed by atoms with Crippen molar-refractivity contribution in [3.8, 4) is 0 Å². The summed E-state index contributed by atoms with van der Waals surface area (Å²) in [7, 11) is 0. The Morgan fingerprint density at radius 2 is 1.90 bits per heavy atom. The van der Waals surface area contributed by atoms with Crippen molar-refractivity contribution >= 4 is 0 Å². The molecule has 0 radical (unpaired) electrons. The smallest absolute Gasteiger partial charge is 0.329 e. The minimum atomic E-state index is -4.28. The van der Waals surface area contributed by atoms with Gasteiger partial charge in [0.1, 0.15) is 0 Å². The van der Waals surface area contributed by atoms with Gasteiger partial charge in [0.2, 0.25) is 0 Å². The van der Waals surface area contributed by atoms with E-state index in [-0.39, 0.29) is 0 Å². The molecular formula is C15H21F3N2. The van der Waals surface area contributed by atoms with Crippen LogP contribution < -0.4 is 5.73 Å². The van der Waals surface area contributed by atoms with Crippen LogP contribution in [0.15, 0.2) is 24.3 Å². The predicted octanol–water partition coefficient (Wildman–Crippen LogP) is 3.41. The van der Waals surface area contributed by atoms with Crippen LogP contribution in [-0.2, 0) is 12.7 Å². The molecule has 0 amide bonds. The first-order chi connectivity index (χ1) is 9.50. The van der Waals surface area contributed by atoms with Crippen molar-refractivity contribution in [1.29, 1.82) is 0 Å². The average Bonchev–Trinajstić information content (AvgIpc) is 2.91. The largest absolute Gasteiger partial charge is 0.416 e. The van der Waals surface area contributed by atoms with Gasteiger partial charge in [-0.1, -0.05) is 31.0 Å². The summed E-state index contributed by atoms with van der Waals surface area (Å²) in [6.45, 7) is 1.82. The zero-order valence-electron chi connectivity index (χ0n) is 11.5. The fourth-order valence-electron chi connectivity index (χ4n) is 2.91. The highest BCUT2D eigenvalue weighted by Crippen LogP contribution is 2.30. The molecule has 1 fully saturated rings. The number of nitrogens with zero attached hydrogens (tertiary/aromatic N) is 1. The molecule has 1 aromatic rings. The monoisotopic (exact) mass is 286 g/mol. The Hall–Kier alpha value is -1.07. The minimum Gasteiger partial charge on any atom is -0.329 e. The van der Waals surface area contributed by atoms with Crippen LogP contribution in [0.1, 0.15) is 36.8 Å². The van der Waals surface area contributed by atoms with Crippen molar-refractivity contribution in [2.24, 2.45) is 5.73 Å². The van der Waals surface area contributed by atoms with Crippen LogP contribution in [-0.4, -0.2) is 24.0 Å². The Labute approximate surface area is 117 Å². The van der Waals surface area contributed by atoms with E-state index in [0.717, 1.165) is 25.5 Å². The van der Waals surface area contributed by atoms with Crippen LogP contribution in [0.4, 0.5) is 13.2 Å². The molecule has 0 spiro atoms. The van der Waals surface area contributed by atoms with Crippen molar-refractivity contribution in [3.05, 3.63) is 35.4 Å². The quantitative estimate of drug-likeness (QED) is 0.898. The van der Waals surface area contributed by atoms with Gasteiger partial charge in [-0.25, -0.2) is 0 Å². The van der Waals surface area contributed by atoms with E-state index in [1.54, 1.807) is 6.07 Å². The molecule has 1 aliphatic carbocycles. The lowest BCUT2D eigenvalue weighted by molar-refractivity contribution is -0.137. The van der Waals surface area contributed by atoms with Crippen LogP contribution in [0.5, 0.6) is 0 Å². The van der Waals surface area contributed by atoms with Crippen molar-refractivity contribution in [1.82, 2.24) is 4.90 Å². The standard InChI is InChI=1S/C15H21F3N2/c16-15(17,18)13-5-3-4-12(10-13)11-20(9-8-19)14-6-1-2-7-14/h3-5,10,14H,1-2,6-9,11,19H2. The van der Waals surface area contributed by atoms with Crippen molar-refractivity contribution in [3.63, 3.8) is 0 Å². The number of hydrogen-bond donors (Lipinski definition) is 1. The second kappa shape index (κ2) is 6.59. The van der Waals surface area contributed by atoms with Gasteiger partial charge in [0.05, 0.1) is 5.56 Å². The van der Waals surface area contributed by atoms with Gasteiger partial charge in [-0.3, -0.25) is 4.90 Å². The normalized spacial score (nSPS) is 17.1. The highest BCUT2D eigenvalue weighted by Gasteiger charge is 2.30. The molecule has 1 aromatic carbocycles. The number of halogens is 3. The van der Waals surface area contributed by atoms with E-state index >= 15 is 0 Å². The second-order valence-corrected chi connectivity index (χ2v) is 5.40. The van der Waals surface area contributed by atoms with E-state index in [0.29, 0.717) is 24.7 Å². The molecule has 0 aromatic heterocycles. The molecule has 5 heteroatoms. The molecule has 112 valence electrons. The number of hydrogen-bond acceptors (Lipinski definition) is 2. The highest BCUT2D eigenvalue weighted by molar-refractivity contribution is 5.25. The fourth-order valence-corrected chi connectivity index (χ4v) is 2.91. The molecule has 2 rings (SSSR count). The lowest BCUT2D eigenvalue weighted by Crippen LogP contribution is -2.36. The van der Waals surface area contributed by atoms with Gasteiger partial charge in [0.15, 0.2) is 0 Å². The summed E-state index contributed by atoms with van der Waals surface area (Å²) >= 11 is 0. The Morgan fingerprint density at radius 1 is 1.20 bits per heavy atom. The van der Waals surface area contributed by atoms with Crippen LogP contribution >= 0.6 is 0 Å². The van der Waals surface area contributed by atoms with E-state index in [1.807, 2.05) is 0 Å². The third kappa shape index (κ3) is 3.96. The van der Waals surface area contributed by atoms with E-state index < -0.39 is 11.7 Å². The van der Waals surface area contributed by atoms with Gasteiger partial charge in [0, 0.05) is 25.7 Å². The van der Waals surface area contributed by atoms with Gasteiger partial charge in [0.25, 0.3) is 0 Å². The fraction of sp³-hybridized carbons (Fsp3) is 0.600. The van der Waals surface area contributed by atoms with E-state index in [1.165, 1.54) is 25.0 Å². The summed E-state index contributed by atoms with van der Waals surface area (Å²) in [5.41, 5.74) is 5.76. The summed E-state index contributed by atoms with van der Waals surface area (Å²) in [5, 5.41) is 0. The van der Waals surface area contributed by atoms with E-state index in [2.05, 4.69) is 4.90 Å². The van der Waals surface area contributed by atoms with Crippen molar-refractivity contribution in [2.45, 2.75) is 44.4 Å². The molecule has 2 nitrogen and oxygen atoms in total. The number of nitrogens with two attached hydrogens (primary N) is 1. The molecule has 20 heavy (non-hydrogen) atoms. The zero-order chi connectivity index (χ0) is 14.6. The third-order valence-corrected chi connectivity index (χ3v) is 3.90. The Balaban J connectivity index is 2.09. The molecule has 0 unspecified atom stereocenters. The SMILES string of the molecule is NCCN(Cc1cccc(C(F)(F)F)c1)C1CCCC1. The molecular weight excluding hydrogens is 265 g/mol. The maximum absolute atomic E-state index is 12.7. The molecule has 0 heterocycles. The first-order valence-electron chi connectivity index (χ1n) is 7.11. The Bertz CT molecular complexity index is 425. The summed E-state index contributed by atoms with van der Waals surface area (Å²) in [4.78, 5) is 2.22. The second-order valence-electron chi connectivity index (χ2n) is 5.40. The van der Waals surface area contributed by atoms with Crippen LogP contribution in [0, 0.1) is 0 Å². The maximum atomic E-state index is 12.7. The van der Waals surface area contributed by atoms with Crippen molar-refractivity contribution < 1.29 is 13.2 Å². The Kier molecular flexibility index (Phi) is 5.05. The molecule has 0 saturated heterocycles. The molecule has 2 N–H and O–H groups in total. The first kappa shape index (κ1) is 15.3. The van der Waals surface area contributed by atoms with Gasteiger partial charge >= 0.3 is 6.18 Å². The first-order valence-corrected chi connectivity index (χ1v) is 7.11. The average molecular weight is 286 g/mol. The topological polar surface area (TPSA) is 29.3 Å². The predicted molar refractivity (Wildman–Crippen MR) is 73.2 cm³/mol. The summed E-state index contributed by atoms with van der Waals surface area (Å²) in [6, 6.07) is 6.07. The lowest BCUT2D eigenvalue weighted by Gasteiger charge is -2.28. The van der Waals surface area contributed by atoms with Gasteiger partial charge in [-0.15, -0.1) is 0 Å². The minimum absolute atomic E-state index is 0.466. The summed E-state index contributed by atoms with van der Waals surface area (Å²) < 4.78 is 38.2. The van der Waals surface area contributed by atoms with Gasteiger partial charge in [-0.2, -0.15) is 13.2 Å². The maximum Gasteiger partial charge on any atom is 0.416 e. The molecule has 1 aliphatic rings. The lowest BCUT2D eigenvalue weighted by atomic mass is 10.1. The van der Waals surface area contributed by atoms with Crippen molar-refractivity contribution in [2.75, 3.05) is 13.1 Å². The van der Waals surface area contributed by atoms with Gasteiger partial charge < -0.3 is 5.73 Å². The van der Waals surface area contributed by atoms with Crippen LogP contribution in [0.2, 0.25) is 0 Å². The van der Waals surface area contributed by atoms with E-state index in [4.69, 9.17) is 5.73 Å². The molecule has 0 aliphatic heterocycles. The van der Waals surface area contributed by atoms with Crippen LogP contribution in [0.25, 0.3) is 0 Å². The number of benzene rings is 1. The molecule has 0 bridgehead atoms. The molecule has 1 saturated carbocycles. The zero-order valence-corrected chi connectivity index (χ0v) is 11.5. The van der Waals surface area contributed by atoms with Crippen LogP contribution in [0.3, 0.4) is 0 Å². The molecule has 0 atom stereocenters. The third-order valence-electron chi connectivity index (χ3n) is 3.90.